The van der Waals surface area contributed by atoms with Gasteiger partial charge < -0.3 is 24.6 Å². The number of guanidine groups is 1. The first-order valence-electron chi connectivity index (χ1n) is 8.50. The number of nitrogens with zero attached hydrogens (tertiary/aromatic N) is 2. The molecule has 1 heterocycles. The molecule has 7 nitrogen and oxygen atoms in total. The van der Waals surface area contributed by atoms with Gasteiger partial charge in [0.2, 0.25) is 0 Å². The van der Waals surface area contributed by atoms with Crippen molar-refractivity contribution in [2.24, 2.45) is 4.99 Å². The van der Waals surface area contributed by atoms with Crippen molar-refractivity contribution in [3.05, 3.63) is 35.7 Å². The Morgan fingerprint density at radius 3 is 2.62 bits per heavy atom. The number of benzene rings is 1. The molecular formula is C18H27IN4O3. The van der Waals surface area contributed by atoms with Gasteiger partial charge >= 0.3 is 0 Å². The summed E-state index contributed by atoms with van der Waals surface area (Å²) in [5, 5.41) is 10.4. The summed E-state index contributed by atoms with van der Waals surface area (Å²) < 4.78 is 16.2. The number of rotatable bonds is 8. The first-order valence-corrected chi connectivity index (χ1v) is 8.50. The Morgan fingerprint density at radius 2 is 2.00 bits per heavy atom. The smallest absolute Gasteiger partial charge is 0.196 e. The van der Waals surface area contributed by atoms with E-state index in [4.69, 9.17) is 14.0 Å². The van der Waals surface area contributed by atoms with Gasteiger partial charge in [0.1, 0.15) is 6.54 Å². The molecule has 0 atom stereocenters. The van der Waals surface area contributed by atoms with Crippen molar-refractivity contribution in [2.45, 2.75) is 33.7 Å². The van der Waals surface area contributed by atoms with Gasteiger partial charge in [-0.2, -0.15) is 0 Å². The lowest BCUT2D eigenvalue weighted by molar-refractivity contribution is 0.311. The minimum Gasteiger partial charge on any atom is -0.493 e. The molecule has 0 fully saturated rings. The van der Waals surface area contributed by atoms with E-state index in [1.807, 2.05) is 45.0 Å². The summed E-state index contributed by atoms with van der Waals surface area (Å²) in [6.07, 6.45) is 0.845. The molecule has 8 heteroatoms. The molecule has 1 aromatic carbocycles. The van der Waals surface area contributed by atoms with E-state index in [2.05, 4.69) is 20.8 Å². The number of anilines is 1. The molecule has 0 spiro atoms. The SMILES string of the molecule is CCNC(=NCc1cc(CC)no1)Nc1ccc(OCC)c(OC)c1.I. The molecule has 0 aliphatic carbocycles. The fourth-order valence-electron chi connectivity index (χ4n) is 2.22. The highest BCUT2D eigenvalue weighted by atomic mass is 127. The van der Waals surface area contributed by atoms with Gasteiger partial charge in [0, 0.05) is 24.4 Å². The normalized spacial score (nSPS) is 10.8. The largest absolute Gasteiger partial charge is 0.493 e. The summed E-state index contributed by atoms with van der Waals surface area (Å²) in [5.74, 6) is 2.78. The Morgan fingerprint density at radius 1 is 1.19 bits per heavy atom. The van der Waals surface area contributed by atoms with Crippen molar-refractivity contribution in [3.63, 3.8) is 0 Å². The maximum Gasteiger partial charge on any atom is 0.196 e. The maximum atomic E-state index is 5.54. The van der Waals surface area contributed by atoms with Crippen LogP contribution in [0.5, 0.6) is 11.5 Å². The van der Waals surface area contributed by atoms with E-state index in [1.165, 1.54) is 0 Å². The third kappa shape index (κ3) is 6.40. The van der Waals surface area contributed by atoms with Crippen LogP contribution in [0.25, 0.3) is 0 Å². The Labute approximate surface area is 171 Å². The van der Waals surface area contributed by atoms with E-state index in [1.54, 1.807) is 7.11 Å². The van der Waals surface area contributed by atoms with Gasteiger partial charge in [0.05, 0.1) is 19.4 Å². The van der Waals surface area contributed by atoms with Crippen molar-refractivity contribution in [3.8, 4) is 11.5 Å². The van der Waals surface area contributed by atoms with Crippen LogP contribution in [0.2, 0.25) is 0 Å². The molecule has 2 N–H and O–H groups in total. The lowest BCUT2D eigenvalue weighted by atomic mass is 10.2. The first kappa shape index (κ1) is 22.1. The highest BCUT2D eigenvalue weighted by Crippen LogP contribution is 2.30. The third-order valence-corrected chi connectivity index (χ3v) is 3.43. The lowest BCUT2D eigenvalue weighted by Gasteiger charge is -2.14. The number of halogens is 1. The number of ether oxygens (including phenoxy) is 2. The van der Waals surface area contributed by atoms with Gasteiger partial charge in [-0.3, -0.25) is 0 Å². The van der Waals surface area contributed by atoms with E-state index in [0.717, 1.165) is 30.1 Å². The predicted octanol–water partition coefficient (Wildman–Crippen LogP) is 3.84. The summed E-state index contributed by atoms with van der Waals surface area (Å²) >= 11 is 0. The molecule has 0 bridgehead atoms. The molecule has 0 radical (unpaired) electrons. The van der Waals surface area contributed by atoms with Gasteiger partial charge in [-0.15, -0.1) is 24.0 Å². The predicted molar refractivity (Wildman–Crippen MR) is 114 cm³/mol. The fraction of sp³-hybridized carbons (Fsp3) is 0.444. The van der Waals surface area contributed by atoms with Crippen LogP contribution in [0.15, 0.2) is 33.8 Å². The van der Waals surface area contributed by atoms with Gasteiger partial charge in [0.15, 0.2) is 23.2 Å². The molecule has 1 aromatic heterocycles. The van der Waals surface area contributed by atoms with E-state index in [-0.39, 0.29) is 24.0 Å². The Bertz CT molecular complexity index is 703. The molecule has 0 saturated heterocycles. The van der Waals surface area contributed by atoms with Gasteiger partial charge in [-0.1, -0.05) is 12.1 Å². The molecule has 0 amide bonds. The monoisotopic (exact) mass is 474 g/mol. The molecule has 0 unspecified atom stereocenters. The summed E-state index contributed by atoms with van der Waals surface area (Å²) in [4.78, 5) is 4.53. The van der Waals surface area contributed by atoms with Crippen LogP contribution in [0, 0.1) is 0 Å². The quantitative estimate of drug-likeness (QED) is 0.344. The standard InChI is InChI=1S/C18H26N4O3.HI/c1-5-13-10-15(25-22-13)12-20-18(19-6-2)21-14-8-9-16(24-7-3)17(11-14)23-4;/h8-11H,5-7,12H2,1-4H3,(H2,19,20,21);1H. The van der Waals surface area contributed by atoms with E-state index in [0.29, 0.717) is 30.6 Å². The number of methoxy groups -OCH3 is 1. The van der Waals surface area contributed by atoms with Crippen LogP contribution in [0.3, 0.4) is 0 Å². The maximum absolute atomic E-state index is 5.54. The topological polar surface area (TPSA) is 80.9 Å². The number of aryl methyl sites for hydroxylation is 1. The fourth-order valence-corrected chi connectivity index (χ4v) is 2.22. The molecule has 0 saturated carbocycles. The average Bonchev–Trinajstić information content (AvgIpc) is 3.09. The van der Waals surface area contributed by atoms with Crippen LogP contribution in [-0.4, -0.2) is 31.4 Å². The number of nitrogens with one attached hydrogen (secondary N) is 2. The Balaban J connectivity index is 0.00000338. The van der Waals surface area contributed by atoms with Gasteiger partial charge in [0.25, 0.3) is 0 Å². The Kier molecular flexibility index (Phi) is 9.85. The Hall–Kier alpha value is -1.97. The van der Waals surface area contributed by atoms with Crippen molar-refractivity contribution in [2.75, 3.05) is 25.6 Å². The molecule has 0 aliphatic heterocycles. The average molecular weight is 474 g/mol. The lowest BCUT2D eigenvalue weighted by Crippen LogP contribution is -2.30. The summed E-state index contributed by atoms with van der Waals surface area (Å²) in [6.45, 7) is 7.74. The molecular weight excluding hydrogens is 447 g/mol. The first-order chi connectivity index (χ1) is 12.2. The zero-order chi connectivity index (χ0) is 18.1. The van der Waals surface area contributed by atoms with Gasteiger partial charge in [-0.05, 0) is 32.4 Å². The van der Waals surface area contributed by atoms with Crippen LogP contribution in [-0.2, 0) is 13.0 Å². The summed E-state index contributed by atoms with van der Waals surface area (Å²) in [6, 6.07) is 7.59. The second kappa shape index (κ2) is 11.6. The zero-order valence-corrected chi connectivity index (χ0v) is 18.0. The van der Waals surface area contributed by atoms with Crippen LogP contribution >= 0.6 is 24.0 Å². The highest BCUT2D eigenvalue weighted by molar-refractivity contribution is 14.0. The second-order valence-corrected chi connectivity index (χ2v) is 5.26. The van der Waals surface area contributed by atoms with Crippen LogP contribution in [0.1, 0.15) is 32.2 Å². The summed E-state index contributed by atoms with van der Waals surface area (Å²) in [5.41, 5.74) is 1.78. The minimum atomic E-state index is 0. The number of hydrogen-bond donors (Lipinski definition) is 2. The summed E-state index contributed by atoms with van der Waals surface area (Å²) in [7, 11) is 1.62. The minimum absolute atomic E-state index is 0. The van der Waals surface area contributed by atoms with E-state index in [9.17, 15) is 0 Å². The van der Waals surface area contributed by atoms with Crippen molar-refractivity contribution < 1.29 is 14.0 Å². The molecule has 26 heavy (non-hydrogen) atoms. The highest BCUT2D eigenvalue weighted by Gasteiger charge is 2.08. The number of aliphatic imine (C=N–C) groups is 1. The second-order valence-electron chi connectivity index (χ2n) is 5.26. The van der Waals surface area contributed by atoms with Gasteiger partial charge in [-0.25, -0.2) is 4.99 Å². The van der Waals surface area contributed by atoms with Crippen molar-refractivity contribution >= 4 is 35.6 Å². The number of hydrogen-bond acceptors (Lipinski definition) is 5. The molecule has 2 aromatic rings. The van der Waals surface area contributed by atoms with Crippen molar-refractivity contribution in [1.29, 1.82) is 0 Å². The van der Waals surface area contributed by atoms with E-state index >= 15 is 0 Å². The zero-order valence-electron chi connectivity index (χ0n) is 15.7. The number of aromatic nitrogens is 1. The van der Waals surface area contributed by atoms with Crippen LogP contribution < -0.4 is 20.1 Å². The van der Waals surface area contributed by atoms with Crippen LogP contribution in [0.4, 0.5) is 5.69 Å². The molecule has 2 rings (SSSR count). The third-order valence-electron chi connectivity index (χ3n) is 3.43. The molecule has 0 aliphatic rings. The van der Waals surface area contributed by atoms with Crippen molar-refractivity contribution in [1.82, 2.24) is 10.5 Å². The van der Waals surface area contributed by atoms with E-state index < -0.39 is 0 Å². The molecule has 144 valence electrons.